The molecule has 2 heteroatoms. The quantitative estimate of drug-likeness (QED) is 0.616. The van der Waals surface area contributed by atoms with Gasteiger partial charge in [-0.25, -0.2) is 0 Å². The van der Waals surface area contributed by atoms with Crippen LogP contribution in [0.25, 0.3) is 0 Å². The van der Waals surface area contributed by atoms with E-state index in [1.54, 1.807) is 0 Å². The van der Waals surface area contributed by atoms with Gasteiger partial charge in [0, 0.05) is 5.41 Å². The summed E-state index contributed by atoms with van der Waals surface area (Å²) in [6.45, 7) is 6.00. The second kappa shape index (κ2) is 2.97. The van der Waals surface area contributed by atoms with E-state index in [0.29, 0.717) is 0 Å². The summed E-state index contributed by atoms with van der Waals surface area (Å²) in [6.07, 6.45) is 0.864. The van der Waals surface area contributed by atoms with Crippen LogP contribution in [-0.2, 0) is 4.79 Å². The largest absolute Gasteiger partial charge is 0.324 e. The molecule has 0 fully saturated rings. The first-order valence-corrected chi connectivity index (χ1v) is 3.28. The molecule has 0 saturated carbocycles. The van der Waals surface area contributed by atoms with Gasteiger partial charge in [0.05, 0.1) is 6.54 Å². The number of rotatable bonds is 3. The molecular weight excluding hydrogens is 114 g/mol. The molecule has 0 unspecified atom stereocenters. The van der Waals surface area contributed by atoms with Crippen molar-refractivity contribution in [2.75, 3.05) is 6.54 Å². The third-order valence-electron chi connectivity index (χ3n) is 1.82. The molecule has 9 heavy (non-hydrogen) atoms. The second-order valence-electron chi connectivity index (χ2n) is 2.86. The summed E-state index contributed by atoms with van der Waals surface area (Å²) >= 11 is 0. The van der Waals surface area contributed by atoms with Crippen LogP contribution in [0.2, 0.25) is 0 Å². The van der Waals surface area contributed by atoms with Crippen molar-refractivity contribution < 1.29 is 4.79 Å². The summed E-state index contributed by atoms with van der Waals surface area (Å²) < 4.78 is 0. The maximum atomic E-state index is 10.9. The summed E-state index contributed by atoms with van der Waals surface area (Å²) in [5.74, 6) is 0.144. The molecule has 0 aliphatic heterocycles. The Balaban J connectivity index is 3.97. The van der Waals surface area contributed by atoms with E-state index in [2.05, 4.69) is 0 Å². The summed E-state index contributed by atoms with van der Waals surface area (Å²) in [7, 11) is 0. The van der Waals surface area contributed by atoms with E-state index in [1.165, 1.54) is 0 Å². The number of Topliss-reactive ketones (excluding diaryl/α,β-unsaturated/α-hetero) is 1. The van der Waals surface area contributed by atoms with Crippen LogP contribution in [0.5, 0.6) is 0 Å². The Kier molecular flexibility index (Phi) is 2.85. The maximum absolute atomic E-state index is 10.9. The lowest BCUT2D eigenvalue weighted by molar-refractivity contribution is -0.125. The van der Waals surface area contributed by atoms with Gasteiger partial charge in [0.15, 0.2) is 5.78 Å². The Labute approximate surface area is 56.4 Å². The van der Waals surface area contributed by atoms with Crippen LogP contribution < -0.4 is 5.73 Å². The summed E-state index contributed by atoms with van der Waals surface area (Å²) in [5, 5.41) is 0. The van der Waals surface area contributed by atoms with Gasteiger partial charge in [0.2, 0.25) is 0 Å². The van der Waals surface area contributed by atoms with Crippen LogP contribution in [-0.4, -0.2) is 12.3 Å². The minimum absolute atomic E-state index is 0.144. The van der Waals surface area contributed by atoms with Crippen LogP contribution in [0.15, 0.2) is 0 Å². The zero-order valence-corrected chi connectivity index (χ0v) is 6.40. The first-order valence-electron chi connectivity index (χ1n) is 3.28. The van der Waals surface area contributed by atoms with Crippen molar-refractivity contribution in [2.24, 2.45) is 11.1 Å². The molecule has 54 valence electrons. The van der Waals surface area contributed by atoms with Crippen LogP contribution >= 0.6 is 0 Å². The fraction of sp³-hybridized carbons (Fsp3) is 0.857. The van der Waals surface area contributed by atoms with Crippen LogP contribution in [0.3, 0.4) is 0 Å². The second-order valence-corrected chi connectivity index (χ2v) is 2.86. The zero-order valence-electron chi connectivity index (χ0n) is 6.40. The molecule has 2 N–H and O–H groups in total. The molecule has 0 aliphatic rings. The Hall–Kier alpha value is -0.370. The molecule has 0 bridgehead atoms. The first kappa shape index (κ1) is 8.63. The van der Waals surface area contributed by atoms with Gasteiger partial charge in [-0.3, -0.25) is 4.79 Å². The van der Waals surface area contributed by atoms with E-state index in [-0.39, 0.29) is 17.7 Å². The molecule has 0 radical (unpaired) electrons. The molecule has 0 saturated heterocycles. The standard InChI is InChI=1S/C7H15NO/c1-4-7(2,3)6(9)5-8/h4-5,8H2,1-3H3. The van der Waals surface area contributed by atoms with Crippen molar-refractivity contribution in [1.29, 1.82) is 0 Å². The maximum Gasteiger partial charge on any atom is 0.151 e. The van der Waals surface area contributed by atoms with Crippen molar-refractivity contribution in [3.8, 4) is 0 Å². The van der Waals surface area contributed by atoms with Gasteiger partial charge in [-0.05, 0) is 6.42 Å². The minimum atomic E-state index is -0.214. The van der Waals surface area contributed by atoms with E-state index in [0.717, 1.165) is 6.42 Å². The third kappa shape index (κ3) is 2.14. The van der Waals surface area contributed by atoms with Crippen molar-refractivity contribution in [1.82, 2.24) is 0 Å². The monoisotopic (exact) mass is 129 g/mol. The van der Waals surface area contributed by atoms with Crippen LogP contribution in [0.4, 0.5) is 0 Å². The molecule has 0 aromatic rings. The van der Waals surface area contributed by atoms with E-state index in [9.17, 15) is 4.79 Å². The molecule has 0 rings (SSSR count). The molecule has 2 nitrogen and oxygen atoms in total. The SMILES string of the molecule is CCC(C)(C)C(=O)CN. The molecule has 0 amide bonds. The number of carbonyl (C=O) groups excluding carboxylic acids is 1. The molecule has 0 heterocycles. The lowest BCUT2D eigenvalue weighted by Gasteiger charge is -2.18. The molecule has 0 spiro atoms. The fourth-order valence-electron chi connectivity index (χ4n) is 0.473. The summed E-state index contributed by atoms with van der Waals surface area (Å²) in [6, 6.07) is 0. The van der Waals surface area contributed by atoms with Gasteiger partial charge < -0.3 is 5.73 Å². The van der Waals surface area contributed by atoms with E-state index >= 15 is 0 Å². The van der Waals surface area contributed by atoms with Gasteiger partial charge in [0.25, 0.3) is 0 Å². The highest BCUT2D eigenvalue weighted by Gasteiger charge is 2.22. The van der Waals surface area contributed by atoms with Crippen LogP contribution in [0.1, 0.15) is 27.2 Å². The molecule has 0 aromatic carbocycles. The highest BCUT2D eigenvalue weighted by molar-refractivity contribution is 5.85. The number of nitrogens with two attached hydrogens (primary N) is 1. The molecule has 0 aromatic heterocycles. The lowest BCUT2D eigenvalue weighted by atomic mass is 9.85. The van der Waals surface area contributed by atoms with Crippen molar-refractivity contribution in [3.63, 3.8) is 0 Å². The van der Waals surface area contributed by atoms with E-state index < -0.39 is 0 Å². The summed E-state index contributed by atoms with van der Waals surface area (Å²) in [5.41, 5.74) is 4.97. The van der Waals surface area contributed by atoms with Crippen LogP contribution in [0, 0.1) is 5.41 Å². The highest BCUT2D eigenvalue weighted by atomic mass is 16.1. The van der Waals surface area contributed by atoms with Crippen molar-refractivity contribution in [2.45, 2.75) is 27.2 Å². The van der Waals surface area contributed by atoms with Gasteiger partial charge in [-0.1, -0.05) is 20.8 Å². The fourth-order valence-corrected chi connectivity index (χ4v) is 0.473. The topological polar surface area (TPSA) is 43.1 Å². The Morgan fingerprint density at radius 2 is 2.00 bits per heavy atom. The Morgan fingerprint density at radius 1 is 1.56 bits per heavy atom. The molecule has 0 atom stereocenters. The highest BCUT2D eigenvalue weighted by Crippen LogP contribution is 2.19. The molecular formula is C7H15NO. The molecule has 0 aliphatic carbocycles. The smallest absolute Gasteiger partial charge is 0.151 e. The van der Waals surface area contributed by atoms with Crippen molar-refractivity contribution in [3.05, 3.63) is 0 Å². The summed E-state index contributed by atoms with van der Waals surface area (Å²) in [4.78, 5) is 10.9. The average Bonchev–Trinajstić information content (AvgIpc) is 1.86. The lowest BCUT2D eigenvalue weighted by Crippen LogP contribution is -2.29. The van der Waals surface area contributed by atoms with E-state index in [1.807, 2.05) is 20.8 Å². The number of ketones is 1. The predicted octanol–water partition coefficient (Wildman–Crippen LogP) is 0.950. The van der Waals surface area contributed by atoms with Gasteiger partial charge in [-0.15, -0.1) is 0 Å². The predicted molar refractivity (Wildman–Crippen MR) is 38.1 cm³/mol. The van der Waals surface area contributed by atoms with Gasteiger partial charge >= 0.3 is 0 Å². The zero-order chi connectivity index (χ0) is 7.49. The number of hydrogen-bond donors (Lipinski definition) is 1. The Bertz CT molecular complexity index is 107. The minimum Gasteiger partial charge on any atom is -0.324 e. The van der Waals surface area contributed by atoms with Gasteiger partial charge in [-0.2, -0.15) is 0 Å². The van der Waals surface area contributed by atoms with Crippen molar-refractivity contribution >= 4 is 5.78 Å². The van der Waals surface area contributed by atoms with E-state index in [4.69, 9.17) is 5.73 Å². The normalized spacial score (nSPS) is 11.6. The number of hydrogen-bond acceptors (Lipinski definition) is 2. The average molecular weight is 129 g/mol. The third-order valence-corrected chi connectivity index (χ3v) is 1.82. The Morgan fingerprint density at radius 3 is 2.11 bits per heavy atom. The first-order chi connectivity index (χ1) is 4.04. The number of carbonyl (C=O) groups is 1. The van der Waals surface area contributed by atoms with Gasteiger partial charge in [0.1, 0.15) is 0 Å².